The number of hydrogen-bond acceptors (Lipinski definition) is 2. The lowest BCUT2D eigenvalue weighted by atomic mass is 10.2. The maximum Gasteiger partial charge on any atom is 0.342 e. The number of benzene rings is 1. The third-order valence-electron chi connectivity index (χ3n) is 2.55. The highest BCUT2D eigenvalue weighted by atomic mass is 28.3. The zero-order chi connectivity index (χ0) is 15.7. The van der Waals surface area contributed by atoms with E-state index < -0.39 is 8.07 Å². The quantitative estimate of drug-likeness (QED) is 0.275. The molecule has 0 radical (unpaired) electrons. The molecule has 0 saturated heterocycles. The van der Waals surface area contributed by atoms with Gasteiger partial charge in [-0.05, 0) is 18.1 Å². The van der Waals surface area contributed by atoms with E-state index in [9.17, 15) is 4.79 Å². The van der Waals surface area contributed by atoms with Crippen molar-refractivity contribution >= 4 is 20.1 Å². The van der Waals surface area contributed by atoms with Crippen LogP contribution in [0.5, 0.6) is 0 Å². The molecule has 0 heterocycles. The Morgan fingerprint density at radius 2 is 1.90 bits per heavy atom. The smallest absolute Gasteiger partial charge is 0.342 e. The third kappa shape index (κ3) is 7.36. The Morgan fingerprint density at radius 3 is 2.48 bits per heavy atom. The summed E-state index contributed by atoms with van der Waals surface area (Å²) >= 11 is 0. The van der Waals surface area contributed by atoms with Gasteiger partial charge in [0.1, 0.15) is 8.07 Å². The first kappa shape index (κ1) is 17.0. The number of rotatable bonds is 4. The van der Waals surface area contributed by atoms with Crippen LogP contribution in [0, 0.1) is 11.5 Å². The van der Waals surface area contributed by atoms with Crippen molar-refractivity contribution in [2.75, 3.05) is 6.61 Å². The van der Waals surface area contributed by atoms with E-state index in [0.29, 0.717) is 12.0 Å². The number of carbonyl (C=O) groups excluding carboxylic acids is 1. The highest BCUT2D eigenvalue weighted by Gasteiger charge is 2.09. The second-order valence-corrected chi connectivity index (χ2v) is 10.4. The molecule has 1 aromatic rings. The molecule has 1 rings (SSSR count). The molecule has 0 atom stereocenters. The molecule has 0 aromatic heterocycles. The van der Waals surface area contributed by atoms with Crippen LogP contribution in [0.4, 0.5) is 0 Å². The summed E-state index contributed by atoms with van der Waals surface area (Å²) in [6.45, 7) is 8.53. The Bertz CT molecular complexity index is 592. The van der Waals surface area contributed by atoms with Crippen LogP contribution in [0.15, 0.2) is 41.6 Å². The summed E-state index contributed by atoms with van der Waals surface area (Å²) in [4.78, 5) is 11.9. The second-order valence-electron chi connectivity index (χ2n) is 5.66. The van der Waals surface area contributed by atoms with Crippen molar-refractivity contribution in [2.45, 2.75) is 33.0 Å². The molecule has 0 aliphatic carbocycles. The molecule has 0 N–H and O–H groups in total. The lowest BCUT2D eigenvalue weighted by molar-refractivity contribution is -0.137. The van der Waals surface area contributed by atoms with Crippen molar-refractivity contribution in [1.29, 1.82) is 0 Å². The van der Waals surface area contributed by atoms with Crippen molar-refractivity contribution in [3.8, 4) is 11.5 Å². The van der Waals surface area contributed by atoms with Crippen LogP contribution in [0.25, 0.3) is 6.08 Å². The molecule has 0 aliphatic rings. The van der Waals surface area contributed by atoms with E-state index in [-0.39, 0.29) is 12.6 Å². The monoisotopic (exact) mass is 298 g/mol. The van der Waals surface area contributed by atoms with E-state index >= 15 is 0 Å². The van der Waals surface area contributed by atoms with Crippen molar-refractivity contribution in [1.82, 2.24) is 0 Å². The van der Waals surface area contributed by atoms with E-state index in [2.05, 4.69) is 36.8 Å². The van der Waals surface area contributed by atoms with Gasteiger partial charge in [0.15, 0.2) is 6.61 Å². The van der Waals surface area contributed by atoms with Gasteiger partial charge in [-0.2, -0.15) is 0 Å². The summed E-state index contributed by atoms with van der Waals surface area (Å²) in [7, 11) is -1.41. The van der Waals surface area contributed by atoms with Gasteiger partial charge in [-0.1, -0.05) is 62.8 Å². The molecule has 2 nitrogen and oxygen atoms in total. The maximum absolute atomic E-state index is 11.9. The van der Waals surface area contributed by atoms with Gasteiger partial charge in [-0.25, -0.2) is 4.79 Å². The number of carbonyl (C=O) groups is 1. The Balaban J connectivity index is 2.69. The first-order chi connectivity index (χ1) is 9.92. The first-order valence-electron chi connectivity index (χ1n) is 7.10. The van der Waals surface area contributed by atoms with Crippen LogP contribution >= 0.6 is 0 Å². The average molecular weight is 298 g/mol. The molecule has 3 heteroatoms. The molecule has 21 heavy (non-hydrogen) atoms. The van der Waals surface area contributed by atoms with Crippen LogP contribution in [0.1, 0.15) is 18.9 Å². The number of hydrogen-bond donors (Lipinski definition) is 0. The Kier molecular flexibility index (Phi) is 6.75. The van der Waals surface area contributed by atoms with Crippen molar-refractivity contribution in [3.05, 3.63) is 47.2 Å². The van der Waals surface area contributed by atoms with Crippen LogP contribution in [0.2, 0.25) is 19.6 Å². The predicted molar refractivity (Wildman–Crippen MR) is 90.3 cm³/mol. The molecule has 0 unspecified atom stereocenters. The van der Waals surface area contributed by atoms with Gasteiger partial charge in [0, 0.05) is 0 Å². The third-order valence-corrected chi connectivity index (χ3v) is 3.48. The highest BCUT2D eigenvalue weighted by molar-refractivity contribution is 6.83. The molecule has 0 spiro atoms. The minimum atomic E-state index is -1.41. The van der Waals surface area contributed by atoms with Gasteiger partial charge in [-0.15, -0.1) is 11.3 Å². The van der Waals surface area contributed by atoms with Gasteiger partial charge >= 0.3 is 5.97 Å². The zero-order valence-electron chi connectivity index (χ0n) is 13.2. The SMILES string of the molecule is CCC(=C=Cc1ccccc1)C(=O)OCC#C[Si](C)(C)C. The summed E-state index contributed by atoms with van der Waals surface area (Å²) in [6.07, 6.45) is 2.39. The molecule has 0 fully saturated rings. The minimum absolute atomic E-state index is 0.152. The van der Waals surface area contributed by atoms with Crippen molar-refractivity contribution < 1.29 is 9.53 Å². The van der Waals surface area contributed by atoms with Gasteiger partial charge in [0.05, 0.1) is 5.57 Å². The summed E-state index contributed by atoms with van der Waals surface area (Å²) in [5, 5.41) is 0. The second kappa shape index (κ2) is 8.31. The molecule has 0 bridgehead atoms. The van der Waals surface area contributed by atoms with Crippen LogP contribution < -0.4 is 0 Å². The van der Waals surface area contributed by atoms with E-state index in [4.69, 9.17) is 4.74 Å². The minimum Gasteiger partial charge on any atom is -0.449 e. The lowest BCUT2D eigenvalue weighted by Crippen LogP contribution is -2.17. The summed E-state index contributed by atoms with van der Waals surface area (Å²) in [6, 6.07) is 9.77. The Hall–Kier alpha value is -2.01. The predicted octanol–water partition coefficient (Wildman–Crippen LogP) is 4.06. The topological polar surface area (TPSA) is 26.3 Å². The first-order valence-corrected chi connectivity index (χ1v) is 10.6. The van der Waals surface area contributed by atoms with Gasteiger partial charge in [0.2, 0.25) is 0 Å². The fourth-order valence-corrected chi connectivity index (χ4v) is 2.12. The van der Waals surface area contributed by atoms with Crippen molar-refractivity contribution in [3.63, 3.8) is 0 Å². The lowest BCUT2D eigenvalue weighted by Gasteiger charge is -2.04. The molecule has 0 amide bonds. The van der Waals surface area contributed by atoms with Crippen LogP contribution in [-0.2, 0) is 9.53 Å². The van der Waals surface area contributed by atoms with Gasteiger partial charge < -0.3 is 4.74 Å². The maximum atomic E-state index is 11.9. The Morgan fingerprint density at radius 1 is 1.24 bits per heavy atom. The standard InChI is InChI=1S/C18H22O2Si/c1-5-17(13-12-16-10-7-6-8-11-16)18(19)20-14-9-15-21(2,3)4/h6-8,10-12H,5,14H2,1-4H3. The highest BCUT2D eigenvalue weighted by Crippen LogP contribution is 2.05. The molecule has 0 aliphatic heterocycles. The fraction of sp³-hybridized carbons (Fsp3) is 0.333. The van der Waals surface area contributed by atoms with Crippen molar-refractivity contribution in [2.24, 2.45) is 0 Å². The van der Waals surface area contributed by atoms with Gasteiger partial charge in [0.25, 0.3) is 0 Å². The number of ether oxygens (including phenoxy) is 1. The molecule has 0 saturated carbocycles. The Labute approximate surface area is 128 Å². The summed E-state index contributed by atoms with van der Waals surface area (Å²) in [5.74, 6) is 2.59. The van der Waals surface area contributed by atoms with E-state index in [1.165, 1.54) is 0 Å². The molecule has 1 aromatic carbocycles. The normalized spacial score (nSPS) is 9.90. The molecule has 110 valence electrons. The largest absolute Gasteiger partial charge is 0.449 e. The van der Waals surface area contributed by atoms with E-state index in [1.807, 2.05) is 37.3 Å². The fourth-order valence-electron chi connectivity index (χ4n) is 1.52. The number of esters is 1. The molecular formula is C18H22O2Si. The van der Waals surface area contributed by atoms with Crippen LogP contribution in [-0.4, -0.2) is 20.7 Å². The van der Waals surface area contributed by atoms with Crippen LogP contribution in [0.3, 0.4) is 0 Å². The van der Waals surface area contributed by atoms with E-state index in [1.54, 1.807) is 6.08 Å². The summed E-state index contributed by atoms with van der Waals surface area (Å²) < 4.78 is 5.17. The summed E-state index contributed by atoms with van der Waals surface area (Å²) in [5.41, 5.74) is 7.73. The van der Waals surface area contributed by atoms with Gasteiger partial charge in [-0.3, -0.25) is 0 Å². The molecular weight excluding hydrogens is 276 g/mol. The zero-order valence-corrected chi connectivity index (χ0v) is 14.2. The average Bonchev–Trinajstić information content (AvgIpc) is 2.44. The van der Waals surface area contributed by atoms with E-state index in [0.717, 1.165) is 5.56 Å².